The Kier molecular flexibility index (Phi) is 6.42. The molecule has 0 fully saturated rings. The van der Waals surface area contributed by atoms with Gasteiger partial charge in [-0.1, -0.05) is 29.8 Å². The van der Waals surface area contributed by atoms with Crippen LogP contribution in [-0.4, -0.2) is 19.5 Å². The van der Waals surface area contributed by atoms with Gasteiger partial charge in [-0.25, -0.2) is 8.42 Å². The molecule has 3 aromatic rings. The summed E-state index contributed by atoms with van der Waals surface area (Å²) >= 11 is 1.13. The van der Waals surface area contributed by atoms with Gasteiger partial charge in [-0.15, -0.1) is 11.3 Å². The molecule has 158 valence electrons. The lowest BCUT2D eigenvalue weighted by Gasteiger charge is -2.09. The van der Waals surface area contributed by atoms with Crippen LogP contribution < -0.4 is 10.0 Å². The van der Waals surface area contributed by atoms with Crippen LogP contribution >= 0.6 is 11.3 Å². The Hall–Kier alpha value is -2.91. The van der Waals surface area contributed by atoms with Crippen molar-refractivity contribution in [3.05, 3.63) is 57.8 Å². The van der Waals surface area contributed by atoms with Crippen molar-refractivity contribution in [2.45, 2.75) is 38.3 Å². The summed E-state index contributed by atoms with van der Waals surface area (Å²) in [5.41, 5.74) is 3.57. The molecule has 0 aliphatic carbocycles. The normalized spacial score (nSPS) is 11.7. The van der Waals surface area contributed by atoms with Crippen LogP contribution in [0.4, 0.5) is 11.4 Å². The highest BCUT2D eigenvalue weighted by molar-refractivity contribution is 7.94. The third kappa shape index (κ3) is 4.98. The van der Waals surface area contributed by atoms with Gasteiger partial charge in [0.25, 0.3) is 10.0 Å². The summed E-state index contributed by atoms with van der Waals surface area (Å²) in [6.07, 6.45) is 3.72. The second-order valence-corrected chi connectivity index (χ2v) is 9.85. The zero-order chi connectivity index (χ0) is 21.9. The maximum atomic E-state index is 12.7. The third-order valence-electron chi connectivity index (χ3n) is 4.37. The van der Waals surface area contributed by atoms with Crippen molar-refractivity contribution in [1.82, 2.24) is 5.16 Å². The number of amides is 1. The topological polar surface area (TPSA) is 101 Å². The Balaban J connectivity index is 1.79. The highest BCUT2D eigenvalue weighted by Crippen LogP contribution is 2.28. The zero-order valence-electron chi connectivity index (χ0n) is 17.1. The van der Waals surface area contributed by atoms with E-state index in [0.717, 1.165) is 27.3 Å². The molecular weight excluding hydrogens is 422 g/mol. The number of benzene rings is 1. The number of anilines is 2. The Bertz CT molecular complexity index is 1210. The van der Waals surface area contributed by atoms with E-state index in [4.69, 9.17) is 4.52 Å². The molecule has 3 rings (SSSR count). The highest BCUT2D eigenvalue weighted by Gasteiger charge is 2.18. The van der Waals surface area contributed by atoms with Crippen molar-refractivity contribution in [2.75, 3.05) is 10.0 Å². The smallest absolute Gasteiger partial charge is 0.271 e. The number of carbonyl (C=O) groups is 1. The van der Waals surface area contributed by atoms with E-state index in [2.05, 4.69) is 15.2 Å². The van der Waals surface area contributed by atoms with Crippen LogP contribution in [-0.2, 0) is 14.8 Å². The molecule has 0 saturated carbocycles. The maximum Gasteiger partial charge on any atom is 0.271 e. The largest absolute Gasteiger partial charge is 0.354 e. The average Bonchev–Trinajstić information content (AvgIpc) is 3.30. The molecule has 1 amide bonds. The molecule has 2 aromatic heterocycles. The number of rotatable bonds is 7. The van der Waals surface area contributed by atoms with Crippen molar-refractivity contribution >= 4 is 50.8 Å². The predicted molar refractivity (Wildman–Crippen MR) is 120 cm³/mol. The SMILES string of the molecule is CCC(=O)Nc1c(C)noc1/C=C/c1ccc(S(=O)(=O)Nc2ccc(C)cc2C)s1. The average molecular weight is 446 g/mol. The predicted octanol–water partition coefficient (Wildman–Crippen LogP) is 4.98. The Labute approximate surface area is 179 Å². The minimum absolute atomic E-state index is 0.141. The lowest BCUT2D eigenvalue weighted by molar-refractivity contribution is -0.115. The van der Waals surface area contributed by atoms with Crippen LogP contribution in [0.3, 0.4) is 0 Å². The zero-order valence-corrected chi connectivity index (χ0v) is 18.8. The van der Waals surface area contributed by atoms with E-state index in [9.17, 15) is 13.2 Å². The van der Waals surface area contributed by atoms with Gasteiger partial charge >= 0.3 is 0 Å². The fourth-order valence-electron chi connectivity index (χ4n) is 2.73. The van der Waals surface area contributed by atoms with Crippen molar-refractivity contribution in [1.29, 1.82) is 0 Å². The number of hydrogen-bond acceptors (Lipinski definition) is 6. The maximum absolute atomic E-state index is 12.7. The molecule has 9 heteroatoms. The summed E-state index contributed by atoms with van der Waals surface area (Å²) in [5, 5.41) is 6.64. The number of nitrogens with zero attached hydrogens (tertiary/aromatic N) is 1. The van der Waals surface area contributed by atoms with Crippen LogP contribution in [0, 0.1) is 20.8 Å². The van der Waals surface area contributed by atoms with Gasteiger partial charge < -0.3 is 9.84 Å². The second kappa shape index (κ2) is 8.85. The summed E-state index contributed by atoms with van der Waals surface area (Å²) < 4.78 is 33.6. The number of nitrogens with one attached hydrogen (secondary N) is 2. The first-order chi connectivity index (χ1) is 14.2. The van der Waals surface area contributed by atoms with E-state index in [1.165, 1.54) is 0 Å². The van der Waals surface area contributed by atoms with Crippen LogP contribution in [0.2, 0.25) is 0 Å². The number of carbonyl (C=O) groups excluding carboxylic acids is 1. The van der Waals surface area contributed by atoms with Crippen LogP contribution in [0.1, 0.15) is 40.8 Å². The molecular formula is C21H23N3O4S2. The summed E-state index contributed by atoms with van der Waals surface area (Å²) in [7, 11) is -3.69. The minimum atomic E-state index is -3.69. The van der Waals surface area contributed by atoms with Gasteiger partial charge in [0.15, 0.2) is 5.76 Å². The van der Waals surface area contributed by atoms with Gasteiger partial charge in [0.2, 0.25) is 5.91 Å². The standard InChI is InChI=1S/C21H23N3O4S2/c1-5-19(25)22-21-15(4)23-28-18(21)10-7-16-8-11-20(29-16)30(26,27)24-17-9-6-13(2)12-14(17)3/h6-12,24H,5H2,1-4H3,(H,22,25)/b10-7+. The second-order valence-electron chi connectivity index (χ2n) is 6.82. The monoisotopic (exact) mass is 445 g/mol. The molecule has 7 nitrogen and oxygen atoms in total. The molecule has 0 aliphatic heterocycles. The van der Waals surface area contributed by atoms with E-state index >= 15 is 0 Å². The van der Waals surface area contributed by atoms with Gasteiger partial charge in [0.05, 0.1) is 5.69 Å². The first-order valence-corrected chi connectivity index (χ1v) is 11.6. The van der Waals surface area contributed by atoms with Gasteiger partial charge in [-0.2, -0.15) is 0 Å². The van der Waals surface area contributed by atoms with E-state index in [1.54, 1.807) is 44.2 Å². The van der Waals surface area contributed by atoms with Gasteiger partial charge in [0.1, 0.15) is 15.6 Å². The van der Waals surface area contributed by atoms with E-state index in [1.807, 2.05) is 26.0 Å². The molecule has 0 spiro atoms. The summed E-state index contributed by atoms with van der Waals surface area (Å²) in [6.45, 7) is 7.31. The van der Waals surface area contributed by atoms with Crippen molar-refractivity contribution < 1.29 is 17.7 Å². The third-order valence-corrected chi connectivity index (χ3v) is 7.27. The molecule has 0 atom stereocenters. The lowest BCUT2D eigenvalue weighted by atomic mass is 10.1. The lowest BCUT2D eigenvalue weighted by Crippen LogP contribution is -2.12. The van der Waals surface area contributed by atoms with Gasteiger partial charge in [0, 0.05) is 11.3 Å². The number of thiophene rings is 1. The van der Waals surface area contributed by atoms with E-state index < -0.39 is 10.0 Å². The Morgan fingerprint density at radius 2 is 1.93 bits per heavy atom. The van der Waals surface area contributed by atoms with Crippen LogP contribution in [0.5, 0.6) is 0 Å². The van der Waals surface area contributed by atoms with Crippen LogP contribution in [0.25, 0.3) is 12.2 Å². The molecule has 0 unspecified atom stereocenters. The first-order valence-electron chi connectivity index (χ1n) is 9.33. The van der Waals surface area contributed by atoms with Crippen LogP contribution in [0.15, 0.2) is 39.1 Å². The van der Waals surface area contributed by atoms with E-state index in [-0.39, 0.29) is 10.1 Å². The molecule has 0 radical (unpaired) electrons. The molecule has 2 heterocycles. The molecule has 0 aliphatic rings. The molecule has 0 bridgehead atoms. The molecule has 1 aromatic carbocycles. The summed E-state index contributed by atoms with van der Waals surface area (Å²) in [6, 6.07) is 8.82. The Morgan fingerprint density at radius 1 is 1.17 bits per heavy atom. The van der Waals surface area contributed by atoms with Gasteiger partial charge in [-0.05, 0) is 56.7 Å². The molecule has 2 N–H and O–H groups in total. The number of aromatic nitrogens is 1. The fourth-order valence-corrected chi connectivity index (χ4v) is 5.09. The number of sulfonamides is 1. The number of aryl methyl sites for hydroxylation is 3. The van der Waals surface area contributed by atoms with E-state index in [0.29, 0.717) is 29.2 Å². The quantitative estimate of drug-likeness (QED) is 0.534. The van der Waals surface area contributed by atoms with Crippen molar-refractivity contribution in [3.8, 4) is 0 Å². The highest BCUT2D eigenvalue weighted by atomic mass is 32.2. The molecule has 30 heavy (non-hydrogen) atoms. The van der Waals surface area contributed by atoms with Crippen molar-refractivity contribution in [3.63, 3.8) is 0 Å². The molecule has 0 saturated heterocycles. The van der Waals surface area contributed by atoms with Gasteiger partial charge in [-0.3, -0.25) is 9.52 Å². The summed E-state index contributed by atoms with van der Waals surface area (Å²) in [4.78, 5) is 12.4. The fraction of sp³-hybridized carbons (Fsp3) is 0.238. The first kappa shape index (κ1) is 21.8. The minimum Gasteiger partial charge on any atom is -0.354 e. The number of hydrogen-bond donors (Lipinski definition) is 2. The summed E-state index contributed by atoms with van der Waals surface area (Å²) in [5.74, 6) is 0.262. The Morgan fingerprint density at radius 3 is 2.63 bits per heavy atom. The van der Waals surface area contributed by atoms with Crippen molar-refractivity contribution in [2.24, 2.45) is 0 Å².